The second kappa shape index (κ2) is 7.88. The molecular formula is C19H19F3N2O6. The molecule has 0 bridgehead atoms. The highest BCUT2D eigenvalue weighted by Crippen LogP contribution is 2.46. The van der Waals surface area contributed by atoms with Gasteiger partial charge in [-0.3, -0.25) is 14.4 Å². The van der Waals surface area contributed by atoms with Crippen molar-refractivity contribution in [3.63, 3.8) is 0 Å². The molecule has 30 heavy (non-hydrogen) atoms. The number of rotatable bonds is 6. The second-order valence-corrected chi connectivity index (χ2v) is 7.24. The molecule has 3 rings (SSSR count). The number of ether oxygens (including phenoxy) is 1. The summed E-state index contributed by atoms with van der Waals surface area (Å²) in [6.45, 7) is -0.706. The van der Waals surface area contributed by atoms with Gasteiger partial charge < -0.3 is 25.2 Å². The summed E-state index contributed by atoms with van der Waals surface area (Å²) in [6.07, 6.45) is -2.76. The molecule has 0 aromatic heterocycles. The number of nitrogens with zero attached hydrogens (tertiary/aromatic N) is 1. The predicted molar refractivity (Wildman–Crippen MR) is 95.2 cm³/mol. The molecule has 162 valence electrons. The highest BCUT2D eigenvalue weighted by atomic mass is 19.4. The summed E-state index contributed by atoms with van der Waals surface area (Å²) in [5, 5.41) is 21.1. The van der Waals surface area contributed by atoms with Crippen molar-refractivity contribution in [2.75, 3.05) is 6.54 Å². The minimum absolute atomic E-state index is 0.00806. The first kappa shape index (κ1) is 21.5. The molecule has 8 nitrogen and oxygen atoms in total. The number of hydrogen-bond donors (Lipinski definition) is 3. The number of hydrogen-bond acceptors (Lipinski definition) is 5. The summed E-state index contributed by atoms with van der Waals surface area (Å²) < 4.78 is 40.8. The van der Waals surface area contributed by atoms with Gasteiger partial charge in [0.25, 0.3) is 11.8 Å². The maximum atomic E-state index is 13.0. The molecule has 1 heterocycles. The van der Waals surface area contributed by atoms with E-state index in [9.17, 15) is 32.7 Å². The van der Waals surface area contributed by atoms with Gasteiger partial charge in [-0.05, 0) is 37.0 Å². The Kier molecular flexibility index (Phi) is 5.64. The fourth-order valence-electron chi connectivity index (χ4n) is 3.69. The van der Waals surface area contributed by atoms with Crippen LogP contribution in [0.1, 0.15) is 31.2 Å². The van der Waals surface area contributed by atoms with Crippen LogP contribution in [-0.4, -0.2) is 51.3 Å². The zero-order valence-corrected chi connectivity index (χ0v) is 15.7. The van der Waals surface area contributed by atoms with E-state index in [1.54, 1.807) is 0 Å². The molecule has 2 aliphatic rings. The molecule has 0 saturated heterocycles. The third-order valence-corrected chi connectivity index (χ3v) is 5.23. The molecule has 1 aliphatic carbocycles. The molecular weight excluding hydrogens is 409 g/mol. The zero-order chi connectivity index (χ0) is 22.1. The summed E-state index contributed by atoms with van der Waals surface area (Å²) in [5.41, 5.74) is -0.694. The quantitative estimate of drug-likeness (QED) is 0.599. The minimum atomic E-state index is -4.82. The number of halogens is 3. The number of alkyl halides is 3. The van der Waals surface area contributed by atoms with E-state index in [1.165, 1.54) is 17.0 Å². The van der Waals surface area contributed by atoms with Crippen LogP contribution in [0.15, 0.2) is 35.6 Å². The molecule has 0 unspecified atom stereocenters. The number of aliphatic carboxylic acids is 1. The summed E-state index contributed by atoms with van der Waals surface area (Å²) in [6, 6.07) is 5.00. The maximum absolute atomic E-state index is 13.0. The Morgan fingerprint density at radius 3 is 2.33 bits per heavy atom. The Hall–Kier alpha value is -3.24. The predicted octanol–water partition coefficient (Wildman–Crippen LogP) is 2.25. The van der Waals surface area contributed by atoms with Crippen LogP contribution in [0.5, 0.6) is 5.75 Å². The number of nitrogens with one attached hydrogen (secondary N) is 1. The van der Waals surface area contributed by atoms with E-state index < -0.39 is 53.3 Å². The zero-order valence-electron chi connectivity index (χ0n) is 15.7. The molecule has 1 fully saturated rings. The van der Waals surface area contributed by atoms with E-state index in [-0.39, 0.29) is 13.0 Å². The van der Waals surface area contributed by atoms with E-state index in [1.807, 2.05) is 0 Å². The van der Waals surface area contributed by atoms with Crippen molar-refractivity contribution >= 4 is 17.8 Å². The van der Waals surface area contributed by atoms with Crippen molar-refractivity contribution in [1.82, 2.24) is 10.2 Å². The standard InChI is InChI=1S/C19H19F3N2O6/c20-19(21,22)30-12-4-2-11(3-5-12)10-24-17(29)15(16(28)23-9-14(26)27)13(25)8-18(24)6-1-7-18/h2-5,25H,1,6-10H2,(H,23,28)(H,26,27). The third kappa shape index (κ3) is 4.50. The van der Waals surface area contributed by atoms with Crippen LogP contribution < -0.4 is 10.1 Å². The van der Waals surface area contributed by atoms with Crippen molar-refractivity contribution in [3.8, 4) is 5.75 Å². The highest BCUT2D eigenvalue weighted by molar-refractivity contribution is 6.19. The number of carbonyl (C=O) groups is 3. The van der Waals surface area contributed by atoms with Gasteiger partial charge in [-0.15, -0.1) is 13.2 Å². The SMILES string of the molecule is O=C(O)CNC(=O)C1=C(O)CC2(CCC2)N(Cc2ccc(OC(F)(F)F)cc2)C1=O. The van der Waals surface area contributed by atoms with Gasteiger partial charge in [0.1, 0.15) is 23.6 Å². The Morgan fingerprint density at radius 1 is 1.20 bits per heavy atom. The lowest BCUT2D eigenvalue weighted by Crippen LogP contribution is -2.60. The van der Waals surface area contributed by atoms with Gasteiger partial charge in [0.2, 0.25) is 0 Å². The van der Waals surface area contributed by atoms with Crippen LogP contribution in [0.2, 0.25) is 0 Å². The number of carbonyl (C=O) groups excluding carboxylic acids is 2. The first-order valence-corrected chi connectivity index (χ1v) is 9.09. The van der Waals surface area contributed by atoms with Gasteiger partial charge >= 0.3 is 12.3 Å². The third-order valence-electron chi connectivity index (χ3n) is 5.23. The van der Waals surface area contributed by atoms with E-state index in [0.717, 1.165) is 18.6 Å². The molecule has 2 amide bonds. The van der Waals surface area contributed by atoms with Crippen LogP contribution in [-0.2, 0) is 20.9 Å². The van der Waals surface area contributed by atoms with Gasteiger partial charge in [0.05, 0.1) is 5.54 Å². The summed E-state index contributed by atoms with van der Waals surface area (Å²) >= 11 is 0. The van der Waals surface area contributed by atoms with E-state index in [2.05, 4.69) is 10.1 Å². The molecule has 1 aromatic carbocycles. The van der Waals surface area contributed by atoms with Crippen LogP contribution in [0.25, 0.3) is 0 Å². The van der Waals surface area contributed by atoms with Gasteiger partial charge in [-0.25, -0.2) is 0 Å². The number of carboxylic acids is 1. The van der Waals surface area contributed by atoms with Gasteiger partial charge in [-0.2, -0.15) is 0 Å². The fourth-order valence-corrected chi connectivity index (χ4v) is 3.69. The lowest BCUT2D eigenvalue weighted by molar-refractivity contribution is -0.274. The number of aliphatic hydroxyl groups is 1. The van der Waals surface area contributed by atoms with Gasteiger partial charge in [0, 0.05) is 13.0 Å². The van der Waals surface area contributed by atoms with Crippen LogP contribution in [0.3, 0.4) is 0 Å². The molecule has 0 atom stereocenters. The second-order valence-electron chi connectivity index (χ2n) is 7.24. The number of benzene rings is 1. The van der Waals surface area contributed by atoms with E-state index in [0.29, 0.717) is 18.4 Å². The van der Waals surface area contributed by atoms with E-state index in [4.69, 9.17) is 5.11 Å². The van der Waals surface area contributed by atoms with Crippen LogP contribution in [0.4, 0.5) is 13.2 Å². The topological polar surface area (TPSA) is 116 Å². The largest absolute Gasteiger partial charge is 0.573 e. The lowest BCUT2D eigenvalue weighted by atomic mass is 9.70. The van der Waals surface area contributed by atoms with Crippen molar-refractivity contribution in [2.24, 2.45) is 0 Å². The van der Waals surface area contributed by atoms with Crippen molar-refractivity contribution in [3.05, 3.63) is 41.2 Å². The molecule has 0 radical (unpaired) electrons. The lowest BCUT2D eigenvalue weighted by Gasteiger charge is -2.52. The summed E-state index contributed by atoms with van der Waals surface area (Å²) in [7, 11) is 0. The smallest absolute Gasteiger partial charge is 0.511 e. The molecule has 1 spiro atoms. The number of amides is 2. The Labute approximate surface area is 168 Å². The van der Waals surface area contributed by atoms with Crippen molar-refractivity contribution in [1.29, 1.82) is 0 Å². The van der Waals surface area contributed by atoms with Crippen LogP contribution in [0, 0.1) is 0 Å². The first-order chi connectivity index (χ1) is 14.0. The molecule has 1 saturated carbocycles. The van der Waals surface area contributed by atoms with Crippen LogP contribution >= 0.6 is 0 Å². The van der Waals surface area contributed by atoms with Crippen molar-refractivity contribution in [2.45, 2.75) is 44.1 Å². The molecule has 1 aromatic rings. The molecule has 3 N–H and O–H groups in total. The summed E-state index contributed by atoms with van der Waals surface area (Å²) in [5.74, 6) is -3.85. The number of carboxylic acid groups (broad SMARTS) is 1. The first-order valence-electron chi connectivity index (χ1n) is 9.09. The normalized spacial score (nSPS) is 18.2. The molecule has 1 aliphatic heterocycles. The van der Waals surface area contributed by atoms with Gasteiger partial charge in [0.15, 0.2) is 0 Å². The maximum Gasteiger partial charge on any atom is 0.573 e. The fraction of sp³-hybridized carbons (Fsp3) is 0.421. The highest BCUT2D eigenvalue weighted by Gasteiger charge is 2.51. The Morgan fingerprint density at radius 2 is 1.83 bits per heavy atom. The monoisotopic (exact) mass is 428 g/mol. The van der Waals surface area contributed by atoms with E-state index >= 15 is 0 Å². The average Bonchev–Trinajstić information content (AvgIpc) is 2.61. The Bertz CT molecular complexity index is 891. The Balaban J connectivity index is 1.81. The molecule has 11 heteroatoms. The van der Waals surface area contributed by atoms with Gasteiger partial charge in [-0.1, -0.05) is 12.1 Å². The average molecular weight is 428 g/mol. The van der Waals surface area contributed by atoms with Crippen molar-refractivity contribution < 1.29 is 42.5 Å². The minimum Gasteiger partial charge on any atom is -0.511 e. The number of aliphatic hydroxyl groups excluding tert-OH is 1. The summed E-state index contributed by atoms with van der Waals surface area (Å²) in [4.78, 5) is 37.3.